The van der Waals surface area contributed by atoms with E-state index in [2.05, 4.69) is 10.4 Å². The molecule has 2 N–H and O–H groups in total. The minimum Gasteiger partial charge on any atom is -0.481 e. The molecule has 0 bridgehead atoms. The molecular formula is C15H17N3O3. The topological polar surface area (TPSA) is 84.2 Å². The highest BCUT2D eigenvalue weighted by Gasteiger charge is 2.11. The van der Waals surface area contributed by atoms with Crippen LogP contribution >= 0.6 is 0 Å². The number of rotatable bonds is 6. The molecule has 6 nitrogen and oxygen atoms in total. The van der Waals surface area contributed by atoms with Crippen molar-refractivity contribution in [1.29, 1.82) is 0 Å². The van der Waals surface area contributed by atoms with E-state index in [-0.39, 0.29) is 12.5 Å². The van der Waals surface area contributed by atoms with Gasteiger partial charge in [0.2, 0.25) is 5.91 Å². The van der Waals surface area contributed by atoms with Gasteiger partial charge in [-0.15, -0.1) is 0 Å². The Labute approximate surface area is 122 Å². The molecule has 110 valence electrons. The minimum atomic E-state index is -0.813. The van der Waals surface area contributed by atoms with Gasteiger partial charge in [-0.3, -0.25) is 14.3 Å². The fraction of sp³-hybridized carbons (Fsp3) is 0.267. The lowest BCUT2D eigenvalue weighted by Crippen LogP contribution is -2.19. The van der Waals surface area contributed by atoms with Gasteiger partial charge in [0.15, 0.2) is 0 Å². The van der Waals surface area contributed by atoms with E-state index in [1.807, 2.05) is 12.1 Å². The fourth-order valence-corrected chi connectivity index (χ4v) is 1.91. The quantitative estimate of drug-likeness (QED) is 0.848. The van der Waals surface area contributed by atoms with Crippen LogP contribution in [-0.2, 0) is 22.6 Å². The zero-order valence-corrected chi connectivity index (χ0v) is 11.7. The molecule has 0 aliphatic carbocycles. The summed E-state index contributed by atoms with van der Waals surface area (Å²) >= 11 is 0. The highest BCUT2D eigenvalue weighted by molar-refractivity contribution is 5.90. The first kappa shape index (κ1) is 14.8. The summed E-state index contributed by atoms with van der Waals surface area (Å²) in [6.45, 7) is 1.83. The van der Waals surface area contributed by atoms with E-state index >= 15 is 0 Å². The second-order valence-electron chi connectivity index (χ2n) is 4.89. The van der Waals surface area contributed by atoms with Crippen molar-refractivity contribution in [3.63, 3.8) is 0 Å². The second kappa shape index (κ2) is 6.69. The Morgan fingerprint density at radius 1 is 1.33 bits per heavy atom. The predicted octanol–water partition coefficient (Wildman–Crippen LogP) is 1.78. The number of carbonyl (C=O) groups is 2. The van der Waals surface area contributed by atoms with E-state index in [4.69, 9.17) is 5.11 Å². The number of aliphatic carboxylic acids is 1. The van der Waals surface area contributed by atoms with Gasteiger partial charge in [-0.2, -0.15) is 5.10 Å². The van der Waals surface area contributed by atoms with E-state index in [1.54, 1.807) is 37.5 Å². The summed E-state index contributed by atoms with van der Waals surface area (Å²) in [4.78, 5) is 22.6. The van der Waals surface area contributed by atoms with Gasteiger partial charge in [0, 0.05) is 18.1 Å². The highest BCUT2D eigenvalue weighted by Crippen LogP contribution is 2.13. The van der Waals surface area contributed by atoms with Crippen molar-refractivity contribution in [2.24, 2.45) is 5.92 Å². The average Bonchev–Trinajstić information content (AvgIpc) is 2.93. The van der Waals surface area contributed by atoms with E-state index in [0.29, 0.717) is 12.1 Å². The monoisotopic (exact) mass is 287 g/mol. The van der Waals surface area contributed by atoms with Crippen LogP contribution in [0.15, 0.2) is 42.7 Å². The smallest absolute Gasteiger partial charge is 0.306 e. The summed E-state index contributed by atoms with van der Waals surface area (Å²) in [6.07, 6.45) is 3.80. The molecule has 1 aromatic heterocycles. The fourth-order valence-electron chi connectivity index (χ4n) is 1.91. The van der Waals surface area contributed by atoms with Crippen molar-refractivity contribution in [1.82, 2.24) is 9.78 Å². The number of benzene rings is 1. The molecule has 1 heterocycles. The Hall–Kier alpha value is -2.63. The van der Waals surface area contributed by atoms with Crippen LogP contribution in [0.4, 0.5) is 5.69 Å². The van der Waals surface area contributed by atoms with Crippen LogP contribution in [0.1, 0.15) is 12.5 Å². The van der Waals surface area contributed by atoms with E-state index in [0.717, 1.165) is 5.56 Å². The summed E-state index contributed by atoms with van der Waals surface area (Å²) in [5, 5.41) is 15.6. The normalized spacial score (nSPS) is 11.9. The molecular weight excluding hydrogens is 270 g/mol. The van der Waals surface area contributed by atoms with Gasteiger partial charge in [0.1, 0.15) is 6.54 Å². The molecule has 1 atom stereocenters. The number of nitrogens with one attached hydrogen (secondary N) is 1. The van der Waals surface area contributed by atoms with Crippen molar-refractivity contribution in [2.75, 3.05) is 5.32 Å². The molecule has 6 heteroatoms. The summed E-state index contributed by atoms with van der Waals surface area (Å²) in [5.74, 6) is -1.40. The van der Waals surface area contributed by atoms with E-state index in [9.17, 15) is 9.59 Å². The lowest BCUT2D eigenvalue weighted by atomic mass is 10.0. The Kier molecular flexibility index (Phi) is 4.71. The lowest BCUT2D eigenvalue weighted by Gasteiger charge is -2.08. The van der Waals surface area contributed by atoms with Gasteiger partial charge in [0.25, 0.3) is 0 Å². The van der Waals surface area contributed by atoms with Crippen molar-refractivity contribution < 1.29 is 14.7 Å². The SMILES string of the molecule is CC(Cc1ccc(NC(=O)Cn2cccn2)cc1)C(=O)O. The van der Waals surface area contributed by atoms with Crippen LogP contribution in [0, 0.1) is 5.92 Å². The Morgan fingerprint density at radius 3 is 2.62 bits per heavy atom. The van der Waals surface area contributed by atoms with Crippen LogP contribution in [0.2, 0.25) is 0 Å². The first-order chi connectivity index (χ1) is 10.0. The molecule has 2 aromatic rings. The largest absolute Gasteiger partial charge is 0.481 e. The third-order valence-electron chi connectivity index (χ3n) is 3.07. The highest BCUT2D eigenvalue weighted by atomic mass is 16.4. The van der Waals surface area contributed by atoms with Gasteiger partial charge in [-0.1, -0.05) is 19.1 Å². The molecule has 0 fully saturated rings. The Morgan fingerprint density at radius 2 is 2.05 bits per heavy atom. The number of aromatic nitrogens is 2. The van der Waals surface area contributed by atoms with Crippen LogP contribution in [0.25, 0.3) is 0 Å². The maximum absolute atomic E-state index is 11.8. The van der Waals surface area contributed by atoms with Crippen molar-refractivity contribution in [3.8, 4) is 0 Å². The van der Waals surface area contributed by atoms with E-state index in [1.165, 1.54) is 4.68 Å². The first-order valence-corrected chi connectivity index (χ1v) is 6.63. The van der Waals surface area contributed by atoms with Crippen molar-refractivity contribution in [2.45, 2.75) is 19.9 Å². The molecule has 0 aliphatic rings. The third kappa shape index (κ3) is 4.45. The molecule has 0 saturated heterocycles. The summed E-state index contributed by atoms with van der Waals surface area (Å²) in [5.41, 5.74) is 1.61. The second-order valence-corrected chi connectivity index (χ2v) is 4.89. The zero-order chi connectivity index (χ0) is 15.2. The number of anilines is 1. The minimum absolute atomic E-state index is 0.158. The summed E-state index contributed by atoms with van der Waals surface area (Å²) < 4.78 is 1.54. The van der Waals surface area contributed by atoms with Crippen LogP contribution < -0.4 is 5.32 Å². The number of hydrogen-bond donors (Lipinski definition) is 2. The maximum Gasteiger partial charge on any atom is 0.306 e. The number of hydrogen-bond acceptors (Lipinski definition) is 3. The van der Waals surface area contributed by atoms with Gasteiger partial charge >= 0.3 is 5.97 Å². The van der Waals surface area contributed by atoms with Crippen molar-refractivity contribution >= 4 is 17.6 Å². The average molecular weight is 287 g/mol. The van der Waals surface area contributed by atoms with Gasteiger partial charge in [-0.05, 0) is 30.2 Å². The molecule has 2 rings (SSSR count). The molecule has 0 spiro atoms. The molecule has 1 aromatic carbocycles. The van der Waals surface area contributed by atoms with Gasteiger partial charge in [0.05, 0.1) is 5.92 Å². The Balaban J connectivity index is 1.90. The summed E-state index contributed by atoms with van der Waals surface area (Å²) in [7, 11) is 0. The molecule has 1 amide bonds. The van der Waals surface area contributed by atoms with Crippen LogP contribution in [0.5, 0.6) is 0 Å². The number of carboxylic acids is 1. The van der Waals surface area contributed by atoms with Gasteiger partial charge < -0.3 is 10.4 Å². The lowest BCUT2D eigenvalue weighted by molar-refractivity contribution is -0.141. The zero-order valence-electron chi connectivity index (χ0n) is 11.7. The predicted molar refractivity (Wildman–Crippen MR) is 77.8 cm³/mol. The molecule has 0 aliphatic heterocycles. The number of nitrogens with zero attached hydrogens (tertiary/aromatic N) is 2. The van der Waals surface area contributed by atoms with E-state index < -0.39 is 11.9 Å². The molecule has 1 unspecified atom stereocenters. The maximum atomic E-state index is 11.8. The molecule has 0 saturated carbocycles. The Bertz CT molecular complexity index is 606. The number of amides is 1. The van der Waals surface area contributed by atoms with Crippen LogP contribution in [-0.4, -0.2) is 26.8 Å². The first-order valence-electron chi connectivity index (χ1n) is 6.63. The molecule has 0 radical (unpaired) electrons. The number of carboxylic acid groups (broad SMARTS) is 1. The van der Waals surface area contributed by atoms with Crippen LogP contribution in [0.3, 0.4) is 0 Å². The third-order valence-corrected chi connectivity index (χ3v) is 3.07. The summed E-state index contributed by atoms with van der Waals surface area (Å²) in [6, 6.07) is 8.94. The van der Waals surface area contributed by atoms with Crippen molar-refractivity contribution in [3.05, 3.63) is 48.3 Å². The van der Waals surface area contributed by atoms with Gasteiger partial charge in [-0.25, -0.2) is 0 Å². The molecule has 21 heavy (non-hydrogen) atoms. The number of carbonyl (C=O) groups excluding carboxylic acids is 1. The standard InChI is InChI=1S/C15H17N3O3/c1-11(15(20)21)9-12-3-5-13(6-4-12)17-14(19)10-18-8-2-7-16-18/h2-8,11H,9-10H2,1H3,(H,17,19)(H,20,21).